The number of carbonyl (C=O) groups is 2. The van der Waals surface area contributed by atoms with Crippen molar-refractivity contribution < 1.29 is 14.3 Å². The number of ether oxygens (including phenoxy) is 1. The second-order valence-corrected chi connectivity index (χ2v) is 6.49. The van der Waals surface area contributed by atoms with Crippen molar-refractivity contribution in [2.75, 3.05) is 56.2 Å². The standard InChI is InChI=1S/C18H26N4O3/c19-18(24)15-12-14(21-6-2-1-3-7-21)4-5-16(15)20-13-17(23)22-8-10-25-11-9-22/h4-5,12,20H,1-3,6-11,13H2,(H2,19,24). The third kappa shape index (κ3) is 4.42. The summed E-state index contributed by atoms with van der Waals surface area (Å²) in [5.74, 6) is -0.487. The van der Waals surface area contributed by atoms with Crippen LogP contribution in [-0.2, 0) is 9.53 Å². The minimum Gasteiger partial charge on any atom is -0.378 e. The lowest BCUT2D eigenvalue weighted by molar-refractivity contribution is -0.133. The minimum atomic E-state index is -0.486. The Bertz CT molecular complexity index is 623. The van der Waals surface area contributed by atoms with Gasteiger partial charge in [-0.3, -0.25) is 9.59 Å². The van der Waals surface area contributed by atoms with E-state index in [-0.39, 0.29) is 12.5 Å². The Morgan fingerprint density at radius 1 is 1.08 bits per heavy atom. The van der Waals surface area contributed by atoms with Gasteiger partial charge in [-0.25, -0.2) is 0 Å². The molecular weight excluding hydrogens is 320 g/mol. The fourth-order valence-electron chi connectivity index (χ4n) is 3.33. The molecule has 1 aromatic carbocycles. The van der Waals surface area contributed by atoms with Crippen molar-refractivity contribution in [3.05, 3.63) is 23.8 Å². The van der Waals surface area contributed by atoms with E-state index in [1.165, 1.54) is 19.3 Å². The lowest BCUT2D eigenvalue weighted by Crippen LogP contribution is -2.43. The molecule has 0 radical (unpaired) electrons. The molecule has 0 aliphatic carbocycles. The van der Waals surface area contributed by atoms with Crippen LogP contribution in [0.3, 0.4) is 0 Å². The van der Waals surface area contributed by atoms with Crippen molar-refractivity contribution in [3.8, 4) is 0 Å². The van der Waals surface area contributed by atoms with E-state index < -0.39 is 5.91 Å². The zero-order chi connectivity index (χ0) is 17.6. The van der Waals surface area contributed by atoms with Gasteiger partial charge in [0, 0.05) is 37.6 Å². The number of primary amides is 1. The summed E-state index contributed by atoms with van der Waals surface area (Å²) in [4.78, 5) is 28.1. The normalized spacial score (nSPS) is 18.1. The number of hydrogen-bond acceptors (Lipinski definition) is 5. The highest BCUT2D eigenvalue weighted by atomic mass is 16.5. The van der Waals surface area contributed by atoms with E-state index in [9.17, 15) is 9.59 Å². The number of nitrogens with zero attached hydrogens (tertiary/aromatic N) is 2. The lowest BCUT2D eigenvalue weighted by atomic mass is 10.1. The van der Waals surface area contributed by atoms with E-state index in [0.717, 1.165) is 18.8 Å². The first-order chi connectivity index (χ1) is 12.1. The van der Waals surface area contributed by atoms with Gasteiger partial charge in [0.1, 0.15) is 0 Å². The zero-order valence-corrected chi connectivity index (χ0v) is 14.5. The average molecular weight is 346 g/mol. The van der Waals surface area contributed by atoms with Crippen molar-refractivity contribution in [1.82, 2.24) is 4.90 Å². The largest absolute Gasteiger partial charge is 0.378 e. The molecule has 25 heavy (non-hydrogen) atoms. The smallest absolute Gasteiger partial charge is 0.250 e. The molecule has 0 spiro atoms. The van der Waals surface area contributed by atoms with Crippen LogP contribution in [0.1, 0.15) is 29.6 Å². The first kappa shape index (κ1) is 17.5. The first-order valence-corrected chi connectivity index (χ1v) is 8.93. The van der Waals surface area contributed by atoms with Crippen LogP contribution in [0, 0.1) is 0 Å². The minimum absolute atomic E-state index is 0.00109. The molecule has 3 rings (SSSR count). The third-order valence-electron chi connectivity index (χ3n) is 4.78. The van der Waals surface area contributed by atoms with Gasteiger partial charge in [-0.15, -0.1) is 0 Å². The monoisotopic (exact) mass is 346 g/mol. The SMILES string of the molecule is NC(=O)c1cc(N2CCCCC2)ccc1NCC(=O)N1CCOCC1. The van der Waals surface area contributed by atoms with Gasteiger partial charge in [-0.1, -0.05) is 0 Å². The molecule has 2 fully saturated rings. The molecule has 3 N–H and O–H groups in total. The highest BCUT2D eigenvalue weighted by molar-refractivity contribution is 6.00. The molecule has 136 valence electrons. The number of nitrogens with one attached hydrogen (secondary N) is 1. The fraction of sp³-hybridized carbons (Fsp3) is 0.556. The molecule has 0 aromatic heterocycles. The molecule has 2 aliphatic rings. The summed E-state index contributed by atoms with van der Waals surface area (Å²) in [6.07, 6.45) is 3.59. The molecule has 2 saturated heterocycles. The van der Waals surface area contributed by atoms with Crippen molar-refractivity contribution in [2.24, 2.45) is 5.73 Å². The average Bonchev–Trinajstić information content (AvgIpc) is 2.67. The molecule has 0 unspecified atom stereocenters. The Balaban J connectivity index is 1.67. The number of benzene rings is 1. The first-order valence-electron chi connectivity index (χ1n) is 8.93. The number of rotatable bonds is 5. The van der Waals surface area contributed by atoms with Gasteiger partial charge in [0.25, 0.3) is 5.91 Å². The van der Waals surface area contributed by atoms with Crippen LogP contribution < -0.4 is 16.0 Å². The van der Waals surface area contributed by atoms with E-state index >= 15 is 0 Å². The predicted octanol–water partition coefficient (Wildman–Crippen LogP) is 1.05. The molecule has 7 nitrogen and oxygen atoms in total. The van der Waals surface area contributed by atoms with Gasteiger partial charge in [0.15, 0.2) is 0 Å². The Hall–Kier alpha value is -2.28. The Labute approximate surface area is 148 Å². The Morgan fingerprint density at radius 3 is 2.48 bits per heavy atom. The number of anilines is 2. The summed E-state index contributed by atoms with van der Waals surface area (Å²) in [7, 11) is 0. The summed E-state index contributed by atoms with van der Waals surface area (Å²) >= 11 is 0. The predicted molar refractivity (Wildman–Crippen MR) is 96.9 cm³/mol. The van der Waals surface area contributed by atoms with Crippen LogP contribution in [0.15, 0.2) is 18.2 Å². The van der Waals surface area contributed by atoms with Crippen molar-refractivity contribution in [2.45, 2.75) is 19.3 Å². The molecule has 0 bridgehead atoms. The van der Waals surface area contributed by atoms with Gasteiger partial charge in [0.05, 0.1) is 25.3 Å². The summed E-state index contributed by atoms with van der Waals surface area (Å²) in [6, 6.07) is 5.66. The van der Waals surface area contributed by atoms with Crippen LogP contribution in [0.5, 0.6) is 0 Å². The molecule has 2 amide bonds. The van der Waals surface area contributed by atoms with E-state index in [2.05, 4.69) is 10.2 Å². The van der Waals surface area contributed by atoms with E-state index in [4.69, 9.17) is 10.5 Å². The van der Waals surface area contributed by atoms with Gasteiger partial charge >= 0.3 is 0 Å². The number of amides is 2. The fourth-order valence-corrected chi connectivity index (χ4v) is 3.33. The highest BCUT2D eigenvalue weighted by Gasteiger charge is 2.18. The highest BCUT2D eigenvalue weighted by Crippen LogP contribution is 2.25. The molecule has 0 atom stereocenters. The zero-order valence-electron chi connectivity index (χ0n) is 14.5. The topological polar surface area (TPSA) is 87.9 Å². The number of hydrogen-bond donors (Lipinski definition) is 2. The summed E-state index contributed by atoms with van der Waals surface area (Å²) in [6.45, 7) is 4.50. The second-order valence-electron chi connectivity index (χ2n) is 6.49. The van der Waals surface area contributed by atoms with Gasteiger partial charge in [0.2, 0.25) is 5.91 Å². The van der Waals surface area contributed by atoms with E-state index in [1.807, 2.05) is 18.2 Å². The summed E-state index contributed by atoms with van der Waals surface area (Å²) < 4.78 is 5.25. The maximum atomic E-state index is 12.3. The molecule has 7 heteroatoms. The van der Waals surface area contributed by atoms with Crippen molar-refractivity contribution in [3.63, 3.8) is 0 Å². The number of nitrogens with two attached hydrogens (primary N) is 1. The van der Waals surface area contributed by atoms with Gasteiger partial charge in [-0.2, -0.15) is 0 Å². The number of piperidine rings is 1. The number of morpholine rings is 1. The molecular formula is C18H26N4O3. The maximum Gasteiger partial charge on any atom is 0.250 e. The summed E-state index contributed by atoms with van der Waals surface area (Å²) in [5, 5.41) is 3.07. The molecule has 2 aliphatic heterocycles. The van der Waals surface area contributed by atoms with Crippen LogP contribution >= 0.6 is 0 Å². The van der Waals surface area contributed by atoms with Crippen molar-refractivity contribution in [1.29, 1.82) is 0 Å². The Kier molecular flexibility index (Phi) is 5.75. The number of carbonyl (C=O) groups excluding carboxylic acids is 2. The van der Waals surface area contributed by atoms with Gasteiger partial charge < -0.3 is 25.6 Å². The van der Waals surface area contributed by atoms with E-state index in [0.29, 0.717) is 37.6 Å². The second kappa shape index (κ2) is 8.20. The Morgan fingerprint density at radius 2 is 1.80 bits per heavy atom. The van der Waals surface area contributed by atoms with Crippen LogP contribution in [0.4, 0.5) is 11.4 Å². The molecule has 0 saturated carbocycles. The lowest BCUT2D eigenvalue weighted by Gasteiger charge is -2.29. The van der Waals surface area contributed by atoms with E-state index in [1.54, 1.807) is 4.90 Å². The quantitative estimate of drug-likeness (QED) is 0.832. The van der Waals surface area contributed by atoms with Crippen molar-refractivity contribution >= 4 is 23.2 Å². The molecule has 2 heterocycles. The molecule has 1 aromatic rings. The van der Waals surface area contributed by atoms with Crippen LogP contribution in [0.25, 0.3) is 0 Å². The third-order valence-corrected chi connectivity index (χ3v) is 4.78. The van der Waals surface area contributed by atoms with Crippen LogP contribution in [0.2, 0.25) is 0 Å². The van der Waals surface area contributed by atoms with Gasteiger partial charge in [-0.05, 0) is 37.5 Å². The maximum absolute atomic E-state index is 12.3. The summed E-state index contributed by atoms with van der Waals surface area (Å²) in [5.41, 5.74) is 7.60. The van der Waals surface area contributed by atoms with Crippen LogP contribution in [-0.4, -0.2) is 62.7 Å².